The molecule has 0 fully saturated rings. The normalized spacial score (nSPS) is 12.7. The lowest BCUT2D eigenvalue weighted by Gasteiger charge is -2.18. The van der Waals surface area contributed by atoms with E-state index in [2.05, 4.69) is 5.32 Å². The molecule has 0 spiro atoms. The van der Waals surface area contributed by atoms with Gasteiger partial charge in [0.25, 0.3) is 0 Å². The van der Waals surface area contributed by atoms with E-state index in [4.69, 9.17) is 5.11 Å². The van der Waals surface area contributed by atoms with Crippen LogP contribution in [0.4, 0.5) is 0 Å². The fourth-order valence-electron chi connectivity index (χ4n) is 2.67. The zero-order valence-corrected chi connectivity index (χ0v) is 14.8. The van der Waals surface area contributed by atoms with Crippen LogP contribution in [0.15, 0.2) is 42.5 Å². The van der Waals surface area contributed by atoms with Crippen LogP contribution >= 0.6 is 0 Å². The van der Waals surface area contributed by atoms with Crippen molar-refractivity contribution in [2.45, 2.75) is 25.8 Å². The fourth-order valence-corrected chi connectivity index (χ4v) is 3.92. The average molecular weight is 363 g/mol. The molecule has 0 saturated heterocycles. The monoisotopic (exact) mass is 363 g/mol. The number of amides is 1. The number of nitrogens with one attached hydrogen (secondary N) is 1. The van der Waals surface area contributed by atoms with Crippen LogP contribution in [-0.2, 0) is 19.4 Å². The highest BCUT2D eigenvalue weighted by Crippen LogP contribution is 2.22. The minimum absolute atomic E-state index is 0.0695. The molecule has 0 heterocycles. The van der Waals surface area contributed by atoms with E-state index < -0.39 is 33.5 Å². The molecule has 0 aromatic heterocycles. The molecule has 0 radical (unpaired) electrons. The number of fused-ring (bicyclic) bond motifs is 1. The number of carbonyl (C=O) groups excluding carboxylic acids is 1. The van der Waals surface area contributed by atoms with Gasteiger partial charge in [-0.3, -0.25) is 9.59 Å². The zero-order chi connectivity index (χ0) is 18.4. The molecule has 0 aliphatic heterocycles. The minimum Gasteiger partial charge on any atom is -0.481 e. The van der Waals surface area contributed by atoms with Gasteiger partial charge >= 0.3 is 5.97 Å². The first-order valence-corrected chi connectivity index (χ1v) is 9.83. The molecular formula is C18H21NO5S. The van der Waals surface area contributed by atoms with Crippen LogP contribution < -0.4 is 5.32 Å². The van der Waals surface area contributed by atoms with E-state index in [-0.39, 0.29) is 12.2 Å². The second kappa shape index (κ2) is 8.11. The second-order valence-corrected chi connectivity index (χ2v) is 8.10. The van der Waals surface area contributed by atoms with Crippen LogP contribution in [0.2, 0.25) is 0 Å². The summed E-state index contributed by atoms with van der Waals surface area (Å²) in [6.45, 7) is 1.72. The molecule has 0 unspecified atom stereocenters. The van der Waals surface area contributed by atoms with E-state index in [1.807, 2.05) is 36.4 Å². The van der Waals surface area contributed by atoms with Crippen LogP contribution in [0.25, 0.3) is 10.8 Å². The second-order valence-electron chi connectivity index (χ2n) is 5.92. The lowest BCUT2D eigenvalue weighted by atomic mass is 9.99. The number of hydrogen-bond acceptors (Lipinski definition) is 4. The van der Waals surface area contributed by atoms with Crippen molar-refractivity contribution < 1.29 is 23.1 Å². The standard InChI is InChI=1S/C18H21NO5S/c1-2-9-25(23,24)12-17(20)19-16(11-18(21)22)15-8-7-13-5-3-4-6-14(13)10-15/h3-8,10,16H,2,9,11-12H2,1H3,(H,19,20)(H,21,22)/t16-/m0/s1. The summed E-state index contributed by atoms with van der Waals surface area (Å²) in [6.07, 6.45) is 0.108. The van der Waals surface area contributed by atoms with Crippen LogP contribution in [0.5, 0.6) is 0 Å². The molecule has 0 aliphatic carbocycles. The van der Waals surface area contributed by atoms with Gasteiger partial charge in [0.15, 0.2) is 9.84 Å². The van der Waals surface area contributed by atoms with E-state index in [9.17, 15) is 18.0 Å². The van der Waals surface area contributed by atoms with E-state index in [0.29, 0.717) is 12.0 Å². The lowest BCUT2D eigenvalue weighted by Crippen LogP contribution is -2.35. The van der Waals surface area contributed by atoms with Gasteiger partial charge < -0.3 is 10.4 Å². The first kappa shape index (κ1) is 18.9. The summed E-state index contributed by atoms with van der Waals surface area (Å²) >= 11 is 0. The number of benzene rings is 2. The number of hydrogen-bond donors (Lipinski definition) is 2. The Kier molecular flexibility index (Phi) is 6.14. The van der Waals surface area contributed by atoms with E-state index in [1.165, 1.54) is 0 Å². The van der Waals surface area contributed by atoms with E-state index in [0.717, 1.165) is 10.8 Å². The Labute approximate surface area is 146 Å². The molecule has 25 heavy (non-hydrogen) atoms. The summed E-state index contributed by atoms with van der Waals surface area (Å²) in [6, 6.07) is 12.2. The highest BCUT2D eigenvalue weighted by molar-refractivity contribution is 7.92. The summed E-state index contributed by atoms with van der Waals surface area (Å²) in [5.74, 6) is -2.47. The SMILES string of the molecule is CCCS(=O)(=O)CC(=O)N[C@@H](CC(=O)O)c1ccc2ccccc2c1. The van der Waals surface area contributed by atoms with Crippen molar-refractivity contribution >= 4 is 32.5 Å². The Bertz CT molecular complexity index is 876. The molecule has 2 aromatic rings. The van der Waals surface area contributed by atoms with Crippen LogP contribution in [-0.4, -0.2) is 36.9 Å². The highest BCUT2D eigenvalue weighted by Gasteiger charge is 2.22. The van der Waals surface area contributed by atoms with Gasteiger partial charge in [0.05, 0.1) is 18.2 Å². The number of carbonyl (C=O) groups is 2. The molecule has 7 heteroatoms. The van der Waals surface area contributed by atoms with Gasteiger partial charge in [-0.15, -0.1) is 0 Å². The molecule has 6 nitrogen and oxygen atoms in total. The Morgan fingerprint density at radius 1 is 1.12 bits per heavy atom. The average Bonchev–Trinajstić information content (AvgIpc) is 2.52. The third-order valence-corrected chi connectivity index (χ3v) is 5.49. The Morgan fingerprint density at radius 3 is 2.44 bits per heavy atom. The van der Waals surface area contributed by atoms with Crippen molar-refractivity contribution in [2.24, 2.45) is 0 Å². The predicted octanol–water partition coefficient (Wildman–Crippen LogP) is 2.30. The molecule has 2 aromatic carbocycles. The quantitative estimate of drug-likeness (QED) is 0.749. The van der Waals surface area contributed by atoms with Crippen molar-refractivity contribution in [1.29, 1.82) is 0 Å². The minimum atomic E-state index is -3.48. The van der Waals surface area contributed by atoms with Gasteiger partial charge in [-0.25, -0.2) is 8.42 Å². The molecule has 134 valence electrons. The summed E-state index contributed by atoms with van der Waals surface area (Å²) < 4.78 is 23.6. The summed E-state index contributed by atoms with van der Waals surface area (Å²) in [5.41, 5.74) is 0.627. The fraction of sp³-hybridized carbons (Fsp3) is 0.333. The lowest BCUT2D eigenvalue weighted by molar-refractivity contribution is -0.137. The molecule has 2 rings (SSSR count). The number of sulfone groups is 1. The van der Waals surface area contributed by atoms with Crippen LogP contribution in [0, 0.1) is 0 Å². The van der Waals surface area contributed by atoms with Gasteiger partial charge in [0.2, 0.25) is 5.91 Å². The van der Waals surface area contributed by atoms with Crippen molar-refractivity contribution in [3.05, 3.63) is 48.0 Å². The van der Waals surface area contributed by atoms with Crippen molar-refractivity contribution in [3.63, 3.8) is 0 Å². The third-order valence-electron chi connectivity index (χ3n) is 3.76. The van der Waals surface area contributed by atoms with Crippen molar-refractivity contribution in [3.8, 4) is 0 Å². The van der Waals surface area contributed by atoms with Crippen LogP contribution in [0.1, 0.15) is 31.4 Å². The topological polar surface area (TPSA) is 101 Å². The zero-order valence-electron chi connectivity index (χ0n) is 13.9. The molecule has 0 saturated carbocycles. The van der Waals surface area contributed by atoms with Gasteiger partial charge in [0, 0.05) is 0 Å². The first-order valence-electron chi connectivity index (χ1n) is 8.01. The Morgan fingerprint density at radius 2 is 1.80 bits per heavy atom. The Balaban J connectivity index is 2.22. The van der Waals surface area contributed by atoms with Gasteiger partial charge in [-0.1, -0.05) is 43.3 Å². The van der Waals surface area contributed by atoms with E-state index >= 15 is 0 Å². The number of rotatable bonds is 8. The van der Waals surface area contributed by atoms with Gasteiger partial charge in [-0.2, -0.15) is 0 Å². The summed E-state index contributed by atoms with van der Waals surface area (Å²) in [4.78, 5) is 23.2. The Hall–Kier alpha value is -2.41. The maximum atomic E-state index is 12.1. The summed E-state index contributed by atoms with van der Waals surface area (Å²) in [5, 5.41) is 13.6. The maximum absolute atomic E-state index is 12.1. The predicted molar refractivity (Wildman–Crippen MR) is 96.0 cm³/mol. The maximum Gasteiger partial charge on any atom is 0.305 e. The number of aliphatic carboxylic acids is 1. The third kappa shape index (κ3) is 5.56. The molecule has 0 bridgehead atoms. The van der Waals surface area contributed by atoms with Gasteiger partial charge in [-0.05, 0) is 28.8 Å². The molecule has 1 atom stereocenters. The molecule has 0 aliphatic rings. The van der Waals surface area contributed by atoms with Crippen molar-refractivity contribution in [1.82, 2.24) is 5.32 Å². The molecular weight excluding hydrogens is 342 g/mol. The number of carboxylic acid groups (broad SMARTS) is 1. The largest absolute Gasteiger partial charge is 0.481 e. The molecule has 2 N–H and O–H groups in total. The molecule has 1 amide bonds. The van der Waals surface area contributed by atoms with Crippen LogP contribution in [0.3, 0.4) is 0 Å². The van der Waals surface area contributed by atoms with Crippen molar-refractivity contribution in [2.75, 3.05) is 11.5 Å². The summed E-state index contributed by atoms with van der Waals surface area (Å²) in [7, 11) is -3.48. The highest BCUT2D eigenvalue weighted by atomic mass is 32.2. The van der Waals surface area contributed by atoms with E-state index in [1.54, 1.807) is 13.0 Å². The number of carboxylic acids is 1. The van der Waals surface area contributed by atoms with Gasteiger partial charge in [0.1, 0.15) is 5.75 Å². The smallest absolute Gasteiger partial charge is 0.305 e. The first-order chi connectivity index (χ1) is 11.8.